The first-order chi connectivity index (χ1) is 9.05. The van der Waals surface area contributed by atoms with E-state index in [4.69, 9.17) is 4.74 Å². The molecule has 0 bridgehead atoms. The van der Waals surface area contributed by atoms with E-state index in [2.05, 4.69) is 15.9 Å². The Balaban J connectivity index is 2.21. The number of hydrogen-bond acceptors (Lipinski definition) is 4. The number of aliphatic hydroxyl groups excluding tert-OH is 1. The summed E-state index contributed by atoms with van der Waals surface area (Å²) in [6.07, 6.45) is -0.625. The lowest BCUT2D eigenvalue weighted by Crippen LogP contribution is -2.40. The summed E-state index contributed by atoms with van der Waals surface area (Å²) in [5.41, 5.74) is 0.692. The predicted molar refractivity (Wildman–Crippen MR) is 74.8 cm³/mol. The van der Waals surface area contributed by atoms with Gasteiger partial charge in [0.2, 0.25) is 10.0 Å². The van der Waals surface area contributed by atoms with Gasteiger partial charge in [-0.15, -0.1) is 0 Å². The minimum atomic E-state index is -3.45. The molecule has 0 unspecified atom stereocenters. The minimum Gasteiger partial charge on any atom is -0.388 e. The maximum Gasteiger partial charge on any atom is 0.243 e. The van der Waals surface area contributed by atoms with Gasteiger partial charge in [-0.25, -0.2) is 8.42 Å². The van der Waals surface area contributed by atoms with Gasteiger partial charge in [-0.3, -0.25) is 0 Å². The van der Waals surface area contributed by atoms with Crippen LogP contribution in [-0.4, -0.2) is 49.5 Å². The Bertz CT molecular complexity index is 511. The second kappa shape index (κ2) is 6.32. The number of sulfonamides is 1. The summed E-state index contributed by atoms with van der Waals surface area (Å²) in [4.78, 5) is 0.250. The molecule has 0 spiro atoms. The number of alkyl halides is 1. The molecule has 0 aromatic heterocycles. The molecule has 1 heterocycles. The Morgan fingerprint density at radius 2 is 1.84 bits per heavy atom. The maximum atomic E-state index is 12.3. The number of ether oxygens (including phenoxy) is 1. The van der Waals surface area contributed by atoms with Crippen molar-refractivity contribution in [2.24, 2.45) is 0 Å². The molecule has 1 aliphatic heterocycles. The molecule has 1 saturated heterocycles. The summed E-state index contributed by atoms with van der Waals surface area (Å²) in [5, 5.41) is 10.1. The zero-order valence-electron chi connectivity index (χ0n) is 10.3. The number of rotatable bonds is 4. The van der Waals surface area contributed by atoms with Crippen molar-refractivity contribution < 1.29 is 18.3 Å². The molecular weight excluding hydrogens is 334 g/mol. The summed E-state index contributed by atoms with van der Waals surface area (Å²) in [5.74, 6) is 0. The topological polar surface area (TPSA) is 66.8 Å². The molecule has 19 heavy (non-hydrogen) atoms. The van der Waals surface area contributed by atoms with Crippen LogP contribution in [0.1, 0.15) is 11.7 Å². The third-order valence-corrected chi connectivity index (χ3v) is 5.55. The smallest absolute Gasteiger partial charge is 0.243 e. The van der Waals surface area contributed by atoms with Gasteiger partial charge in [0.05, 0.1) is 24.2 Å². The lowest BCUT2D eigenvalue weighted by molar-refractivity contribution is 0.0730. The molecule has 0 aliphatic carbocycles. The number of benzene rings is 1. The Kier molecular flexibility index (Phi) is 4.97. The monoisotopic (exact) mass is 349 g/mol. The standard InChI is InChI=1S/C12H16BrNO4S/c13-9-12(15)10-1-3-11(4-2-10)19(16,17)14-5-7-18-8-6-14/h1-4,12,15H,5-9H2/t12-/m0/s1. The lowest BCUT2D eigenvalue weighted by atomic mass is 10.1. The van der Waals surface area contributed by atoms with Crippen LogP contribution in [0.25, 0.3) is 0 Å². The average molecular weight is 350 g/mol. The van der Waals surface area contributed by atoms with Crippen LogP contribution in [0.2, 0.25) is 0 Å². The quantitative estimate of drug-likeness (QED) is 0.827. The summed E-state index contributed by atoms with van der Waals surface area (Å²) >= 11 is 3.18. The molecule has 0 saturated carbocycles. The summed E-state index contributed by atoms with van der Waals surface area (Å²) in [7, 11) is -3.45. The first-order valence-corrected chi connectivity index (χ1v) is 8.54. The van der Waals surface area contributed by atoms with E-state index in [1.807, 2.05) is 0 Å². The van der Waals surface area contributed by atoms with E-state index in [0.29, 0.717) is 37.2 Å². The maximum absolute atomic E-state index is 12.3. The van der Waals surface area contributed by atoms with E-state index < -0.39 is 16.1 Å². The highest BCUT2D eigenvalue weighted by Gasteiger charge is 2.26. The SMILES string of the molecule is O=S(=O)(c1ccc([C@@H](O)CBr)cc1)N1CCOCC1. The molecule has 2 rings (SSSR count). The normalized spacial score (nSPS) is 19.3. The van der Waals surface area contributed by atoms with Crippen molar-refractivity contribution in [1.29, 1.82) is 0 Å². The van der Waals surface area contributed by atoms with E-state index in [0.717, 1.165) is 0 Å². The van der Waals surface area contributed by atoms with Crippen molar-refractivity contribution in [2.75, 3.05) is 31.6 Å². The number of nitrogens with zero attached hydrogens (tertiary/aromatic N) is 1. The highest BCUT2D eigenvalue weighted by Crippen LogP contribution is 2.21. The predicted octanol–water partition coefficient (Wildman–Crippen LogP) is 1.14. The molecule has 1 aliphatic rings. The van der Waals surface area contributed by atoms with Gasteiger partial charge in [0.1, 0.15) is 0 Å². The van der Waals surface area contributed by atoms with Crippen LogP contribution in [0.5, 0.6) is 0 Å². The second-order valence-electron chi connectivity index (χ2n) is 4.26. The van der Waals surface area contributed by atoms with E-state index >= 15 is 0 Å². The van der Waals surface area contributed by atoms with Crippen LogP contribution < -0.4 is 0 Å². The fourth-order valence-corrected chi connectivity index (χ4v) is 3.67. The van der Waals surface area contributed by atoms with Crippen molar-refractivity contribution in [1.82, 2.24) is 4.31 Å². The number of aliphatic hydroxyl groups is 1. The highest BCUT2D eigenvalue weighted by molar-refractivity contribution is 9.09. The third kappa shape index (κ3) is 3.35. The fraction of sp³-hybridized carbons (Fsp3) is 0.500. The Morgan fingerprint density at radius 3 is 2.37 bits per heavy atom. The molecule has 0 radical (unpaired) electrons. The van der Waals surface area contributed by atoms with Gasteiger partial charge in [-0.05, 0) is 17.7 Å². The van der Waals surface area contributed by atoms with Crippen LogP contribution in [-0.2, 0) is 14.8 Å². The van der Waals surface area contributed by atoms with Crippen molar-refractivity contribution in [3.63, 3.8) is 0 Å². The van der Waals surface area contributed by atoms with Crippen LogP contribution in [0.15, 0.2) is 29.2 Å². The third-order valence-electron chi connectivity index (χ3n) is 3.02. The van der Waals surface area contributed by atoms with Gasteiger partial charge in [0, 0.05) is 18.4 Å². The molecule has 1 N–H and O–H groups in total. The van der Waals surface area contributed by atoms with Crippen LogP contribution >= 0.6 is 15.9 Å². The van der Waals surface area contributed by atoms with Gasteiger partial charge in [-0.1, -0.05) is 28.1 Å². The molecular formula is C12H16BrNO4S. The second-order valence-corrected chi connectivity index (χ2v) is 6.84. The number of morpholine rings is 1. The zero-order chi connectivity index (χ0) is 13.9. The Morgan fingerprint density at radius 1 is 1.26 bits per heavy atom. The van der Waals surface area contributed by atoms with Crippen molar-refractivity contribution >= 4 is 26.0 Å². The van der Waals surface area contributed by atoms with Crippen molar-refractivity contribution in [3.8, 4) is 0 Å². The Hall–Kier alpha value is -0.470. The van der Waals surface area contributed by atoms with Gasteiger partial charge >= 0.3 is 0 Å². The van der Waals surface area contributed by atoms with Crippen LogP contribution in [0, 0.1) is 0 Å². The summed E-state index contributed by atoms with van der Waals surface area (Å²) in [6, 6.07) is 6.34. The molecule has 0 amide bonds. The number of halogens is 1. The zero-order valence-corrected chi connectivity index (χ0v) is 12.7. The highest BCUT2D eigenvalue weighted by atomic mass is 79.9. The fourth-order valence-electron chi connectivity index (χ4n) is 1.89. The van der Waals surface area contributed by atoms with Crippen molar-refractivity contribution in [2.45, 2.75) is 11.0 Å². The molecule has 7 heteroatoms. The van der Waals surface area contributed by atoms with Crippen LogP contribution in [0.4, 0.5) is 0 Å². The largest absolute Gasteiger partial charge is 0.388 e. The summed E-state index contributed by atoms with van der Waals surface area (Å²) in [6.45, 7) is 1.63. The molecule has 106 valence electrons. The average Bonchev–Trinajstić information content (AvgIpc) is 2.47. The molecule has 5 nitrogen and oxygen atoms in total. The molecule has 1 aromatic carbocycles. The molecule has 1 atom stereocenters. The van der Waals surface area contributed by atoms with E-state index in [9.17, 15) is 13.5 Å². The molecule has 1 fully saturated rings. The number of hydrogen-bond donors (Lipinski definition) is 1. The van der Waals surface area contributed by atoms with Gasteiger partial charge < -0.3 is 9.84 Å². The van der Waals surface area contributed by atoms with Crippen molar-refractivity contribution in [3.05, 3.63) is 29.8 Å². The van der Waals surface area contributed by atoms with E-state index in [1.165, 1.54) is 16.4 Å². The van der Waals surface area contributed by atoms with E-state index in [-0.39, 0.29) is 4.90 Å². The van der Waals surface area contributed by atoms with Gasteiger partial charge in [0.25, 0.3) is 0 Å². The van der Waals surface area contributed by atoms with Crippen LogP contribution in [0.3, 0.4) is 0 Å². The van der Waals surface area contributed by atoms with Gasteiger partial charge in [-0.2, -0.15) is 4.31 Å². The molecule has 1 aromatic rings. The Labute approximate surface area is 121 Å². The summed E-state index contributed by atoms with van der Waals surface area (Å²) < 4.78 is 31.2. The van der Waals surface area contributed by atoms with E-state index in [1.54, 1.807) is 12.1 Å². The van der Waals surface area contributed by atoms with Gasteiger partial charge in [0.15, 0.2) is 0 Å². The first kappa shape index (κ1) is 14.9. The lowest BCUT2D eigenvalue weighted by Gasteiger charge is -2.26. The minimum absolute atomic E-state index is 0.250. The first-order valence-electron chi connectivity index (χ1n) is 5.97.